The maximum Gasteiger partial charge on any atom is 0.244 e. The van der Waals surface area contributed by atoms with E-state index >= 15 is 0 Å². The van der Waals surface area contributed by atoms with Crippen LogP contribution in [0.25, 0.3) is 0 Å². The number of β-amino-alcohol motifs (C(OH)–C–C–N with tert-alkyl or cyclic N) is 1. The number of hydrogen-bond acceptors (Lipinski definition) is 5. The van der Waals surface area contributed by atoms with Gasteiger partial charge < -0.3 is 15.0 Å². The molecule has 2 rings (SSSR count). The molecule has 0 amide bonds. The molecule has 1 heterocycles. The van der Waals surface area contributed by atoms with E-state index in [0.717, 1.165) is 15.4 Å². The van der Waals surface area contributed by atoms with Gasteiger partial charge in [-0.2, -0.15) is 4.31 Å². The summed E-state index contributed by atoms with van der Waals surface area (Å²) >= 11 is 0. The summed E-state index contributed by atoms with van der Waals surface area (Å²) in [6.45, 7) is 6.81. The van der Waals surface area contributed by atoms with E-state index in [-0.39, 0.29) is 17.9 Å². The van der Waals surface area contributed by atoms with Crippen LogP contribution in [-0.4, -0.2) is 42.5 Å². The molecule has 22 heavy (non-hydrogen) atoms. The van der Waals surface area contributed by atoms with Gasteiger partial charge in [-0.3, -0.25) is 0 Å². The molecule has 0 aromatic heterocycles. The molecule has 0 bridgehead atoms. The monoisotopic (exact) mass is 326 g/mol. The van der Waals surface area contributed by atoms with Crippen LogP contribution in [0.5, 0.6) is 0 Å². The first kappa shape index (κ1) is 16.9. The third-order valence-electron chi connectivity index (χ3n) is 4.37. The number of aliphatic hydroxyl groups excluding tert-OH is 1. The van der Waals surface area contributed by atoms with Gasteiger partial charge in [0.25, 0.3) is 0 Å². The Morgan fingerprint density at radius 1 is 1.23 bits per heavy atom. The number of carboxylic acids is 1. The molecule has 1 aliphatic heterocycles. The third kappa shape index (κ3) is 2.64. The second-order valence-electron chi connectivity index (χ2n) is 5.89. The molecule has 1 aromatic carbocycles. The Hall–Kier alpha value is -1.44. The topological polar surface area (TPSA) is 97.7 Å². The van der Waals surface area contributed by atoms with E-state index < -0.39 is 28.1 Å². The zero-order valence-electron chi connectivity index (χ0n) is 13.1. The number of aliphatic hydroxyl groups is 1. The summed E-state index contributed by atoms with van der Waals surface area (Å²) in [6, 6.07) is 0.568. The lowest BCUT2D eigenvalue weighted by molar-refractivity contribution is -0.309. The molecular formula is C15H20NO5S-. The van der Waals surface area contributed by atoms with Crippen molar-refractivity contribution in [1.82, 2.24) is 4.31 Å². The number of aryl methyl sites for hydroxylation is 2. The van der Waals surface area contributed by atoms with Crippen molar-refractivity contribution in [2.45, 2.75) is 51.2 Å². The Morgan fingerprint density at radius 2 is 1.73 bits per heavy atom. The van der Waals surface area contributed by atoms with Crippen molar-refractivity contribution in [3.05, 3.63) is 28.3 Å². The van der Waals surface area contributed by atoms with Crippen molar-refractivity contribution in [2.24, 2.45) is 0 Å². The molecule has 1 aromatic rings. The van der Waals surface area contributed by atoms with Crippen molar-refractivity contribution in [2.75, 3.05) is 6.54 Å². The molecule has 7 heteroatoms. The highest BCUT2D eigenvalue weighted by Crippen LogP contribution is 2.32. The first-order valence-electron chi connectivity index (χ1n) is 7.05. The number of carbonyl (C=O) groups excluding carboxylic acids is 1. The summed E-state index contributed by atoms with van der Waals surface area (Å²) in [7, 11) is -4.02. The van der Waals surface area contributed by atoms with E-state index in [0.29, 0.717) is 11.1 Å². The summed E-state index contributed by atoms with van der Waals surface area (Å²) in [6.07, 6.45) is -1.14. The largest absolute Gasteiger partial charge is 0.548 e. The van der Waals surface area contributed by atoms with Crippen LogP contribution in [0.3, 0.4) is 0 Å². The highest BCUT2D eigenvalue weighted by atomic mass is 32.2. The summed E-state index contributed by atoms with van der Waals surface area (Å²) in [5, 5.41) is 20.9. The van der Waals surface area contributed by atoms with Crippen molar-refractivity contribution in [3.8, 4) is 0 Å². The Kier molecular flexibility index (Phi) is 4.34. The quantitative estimate of drug-likeness (QED) is 0.829. The maximum atomic E-state index is 13.0. The molecule has 0 spiro atoms. The molecule has 0 aliphatic carbocycles. The van der Waals surface area contributed by atoms with Gasteiger partial charge in [0.1, 0.15) is 0 Å². The molecule has 0 radical (unpaired) electrons. The molecule has 6 nitrogen and oxygen atoms in total. The van der Waals surface area contributed by atoms with Crippen molar-refractivity contribution in [1.29, 1.82) is 0 Å². The Balaban J connectivity index is 2.63. The van der Waals surface area contributed by atoms with Crippen LogP contribution in [0.2, 0.25) is 0 Å². The minimum Gasteiger partial charge on any atom is -0.548 e. The Bertz CT molecular complexity index is 700. The van der Waals surface area contributed by atoms with Crippen LogP contribution in [0.4, 0.5) is 0 Å². The third-order valence-corrected chi connectivity index (χ3v) is 6.52. The lowest BCUT2D eigenvalue weighted by Gasteiger charge is -2.27. The van der Waals surface area contributed by atoms with E-state index in [1.807, 2.05) is 19.9 Å². The van der Waals surface area contributed by atoms with Crippen LogP contribution in [0.15, 0.2) is 11.0 Å². The summed E-state index contributed by atoms with van der Waals surface area (Å²) in [4.78, 5) is 11.3. The Morgan fingerprint density at radius 3 is 2.18 bits per heavy atom. The van der Waals surface area contributed by atoms with Gasteiger partial charge in [0, 0.05) is 6.54 Å². The van der Waals surface area contributed by atoms with Gasteiger partial charge in [0.15, 0.2) is 0 Å². The fraction of sp³-hybridized carbons (Fsp3) is 0.533. The number of carbonyl (C=O) groups is 1. The molecule has 0 unspecified atom stereocenters. The summed E-state index contributed by atoms with van der Waals surface area (Å²) in [5.41, 5.74) is 2.85. The number of hydrogen-bond donors (Lipinski definition) is 1. The van der Waals surface area contributed by atoms with Crippen molar-refractivity contribution in [3.63, 3.8) is 0 Å². The lowest BCUT2D eigenvalue weighted by Crippen LogP contribution is -2.47. The van der Waals surface area contributed by atoms with Gasteiger partial charge in [-0.25, -0.2) is 8.42 Å². The Labute approximate surface area is 130 Å². The van der Waals surface area contributed by atoms with Crippen LogP contribution >= 0.6 is 0 Å². The molecule has 1 fully saturated rings. The molecule has 2 atom stereocenters. The second-order valence-corrected chi connectivity index (χ2v) is 7.72. The fourth-order valence-electron chi connectivity index (χ4n) is 2.95. The SMILES string of the molecule is Cc1cc(C)c(C)c(S(=O)(=O)N2C[C@H](O)C[C@@H]2C(=O)[O-])c1C. The zero-order chi connectivity index (χ0) is 16.8. The maximum absolute atomic E-state index is 13.0. The molecular weight excluding hydrogens is 306 g/mol. The summed E-state index contributed by atoms with van der Waals surface area (Å²) < 4.78 is 26.8. The molecule has 1 N–H and O–H groups in total. The molecule has 122 valence electrons. The van der Waals surface area contributed by atoms with Crippen LogP contribution in [0.1, 0.15) is 28.7 Å². The van der Waals surface area contributed by atoms with Gasteiger partial charge in [0.2, 0.25) is 10.0 Å². The van der Waals surface area contributed by atoms with E-state index in [9.17, 15) is 23.4 Å². The van der Waals surface area contributed by atoms with Gasteiger partial charge in [-0.05, 0) is 56.4 Å². The van der Waals surface area contributed by atoms with Crippen LogP contribution < -0.4 is 5.11 Å². The predicted octanol–water partition coefficient (Wildman–Crippen LogP) is -0.206. The number of nitrogens with zero attached hydrogens (tertiary/aromatic N) is 1. The van der Waals surface area contributed by atoms with Crippen LogP contribution in [-0.2, 0) is 14.8 Å². The van der Waals surface area contributed by atoms with Gasteiger partial charge in [-0.1, -0.05) is 6.07 Å². The number of benzene rings is 1. The fourth-order valence-corrected chi connectivity index (χ4v) is 5.15. The first-order chi connectivity index (χ1) is 10.1. The number of carboxylic acid groups (broad SMARTS) is 1. The number of rotatable bonds is 3. The molecule has 1 saturated heterocycles. The van der Waals surface area contributed by atoms with E-state index in [2.05, 4.69) is 0 Å². The molecule has 1 aliphatic rings. The van der Waals surface area contributed by atoms with Gasteiger partial charge in [0.05, 0.1) is 23.0 Å². The highest BCUT2D eigenvalue weighted by molar-refractivity contribution is 7.89. The highest BCUT2D eigenvalue weighted by Gasteiger charge is 2.41. The van der Waals surface area contributed by atoms with Crippen molar-refractivity contribution < 1.29 is 23.4 Å². The normalized spacial score (nSPS) is 23.0. The number of sulfonamides is 1. The second kappa shape index (κ2) is 5.64. The first-order valence-corrected chi connectivity index (χ1v) is 8.49. The lowest BCUT2D eigenvalue weighted by atomic mass is 10.0. The van der Waals surface area contributed by atoms with Crippen molar-refractivity contribution >= 4 is 16.0 Å². The smallest absolute Gasteiger partial charge is 0.244 e. The zero-order valence-corrected chi connectivity index (χ0v) is 13.9. The van der Waals surface area contributed by atoms with Crippen LogP contribution in [0, 0.1) is 27.7 Å². The summed E-state index contributed by atoms with van der Waals surface area (Å²) in [5.74, 6) is -1.49. The number of aliphatic carboxylic acids is 1. The van der Waals surface area contributed by atoms with E-state index in [1.54, 1.807) is 13.8 Å². The van der Waals surface area contributed by atoms with E-state index in [4.69, 9.17) is 0 Å². The van der Waals surface area contributed by atoms with Gasteiger partial charge >= 0.3 is 0 Å². The van der Waals surface area contributed by atoms with E-state index in [1.165, 1.54) is 0 Å². The average Bonchev–Trinajstić information content (AvgIpc) is 2.79. The predicted molar refractivity (Wildman–Crippen MR) is 78.7 cm³/mol. The van der Waals surface area contributed by atoms with Gasteiger partial charge in [-0.15, -0.1) is 0 Å². The average molecular weight is 326 g/mol. The molecule has 0 saturated carbocycles. The standard InChI is InChI=1S/C15H21NO5S/c1-8-5-9(2)11(4)14(10(8)3)22(20,21)16-7-12(17)6-13(16)15(18)19/h5,12-13,17H,6-7H2,1-4H3,(H,18,19)/p-1/t12-,13-/m1/s1. The minimum absolute atomic E-state index is 0.130. The minimum atomic E-state index is -4.02.